The van der Waals surface area contributed by atoms with Crippen LogP contribution in [0.4, 0.5) is 4.79 Å². The maximum Gasteiger partial charge on any atom is 0.407 e. The van der Waals surface area contributed by atoms with Crippen molar-refractivity contribution in [1.29, 1.82) is 0 Å². The molecule has 0 heterocycles. The number of amides is 1. The molecule has 0 aromatic heterocycles. The van der Waals surface area contributed by atoms with E-state index in [9.17, 15) is 4.79 Å². The van der Waals surface area contributed by atoms with Crippen LogP contribution in [0.2, 0.25) is 0 Å². The van der Waals surface area contributed by atoms with Crippen LogP contribution < -0.4 is 11.1 Å². The third-order valence-corrected chi connectivity index (χ3v) is 1.43. The summed E-state index contributed by atoms with van der Waals surface area (Å²) < 4.78 is 5.03. The number of rotatable bonds is 3. The fourth-order valence-corrected chi connectivity index (χ4v) is 0.673. The molecular formula is C9H21ClN2O2. The van der Waals surface area contributed by atoms with Gasteiger partial charge in [-0.15, -0.1) is 12.4 Å². The Hall–Kier alpha value is -0.480. The fourth-order valence-electron chi connectivity index (χ4n) is 0.673. The molecule has 86 valence electrons. The molecule has 3 N–H and O–H groups in total. The van der Waals surface area contributed by atoms with Crippen molar-refractivity contribution in [2.45, 2.75) is 45.8 Å². The highest BCUT2D eigenvalue weighted by molar-refractivity contribution is 5.85. The number of carbonyl (C=O) groups is 1. The first-order valence-electron chi connectivity index (χ1n) is 4.57. The molecule has 0 aliphatic carbocycles. The zero-order valence-corrected chi connectivity index (χ0v) is 10.1. The Morgan fingerprint density at radius 1 is 1.50 bits per heavy atom. The van der Waals surface area contributed by atoms with E-state index in [2.05, 4.69) is 5.32 Å². The lowest BCUT2D eigenvalue weighted by Crippen LogP contribution is -2.39. The molecule has 0 bridgehead atoms. The molecule has 0 fully saturated rings. The average Bonchev–Trinajstić information content (AvgIpc) is 1.97. The van der Waals surface area contributed by atoms with Gasteiger partial charge in [-0.3, -0.25) is 0 Å². The average molecular weight is 225 g/mol. The summed E-state index contributed by atoms with van der Waals surface area (Å²) in [5.41, 5.74) is 5.17. The number of ether oxygens (including phenoxy) is 1. The lowest BCUT2D eigenvalue weighted by molar-refractivity contribution is 0.0524. The summed E-state index contributed by atoms with van der Waals surface area (Å²) in [5, 5.41) is 2.60. The lowest BCUT2D eigenvalue weighted by atomic mass is 10.2. The summed E-state index contributed by atoms with van der Waals surface area (Å²) in [6.45, 7) is 7.91. The molecular weight excluding hydrogens is 204 g/mol. The van der Waals surface area contributed by atoms with Crippen molar-refractivity contribution in [3.05, 3.63) is 0 Å². The van der Waals surface area contributed by atoms with Crippen LogP contribution in [0.1, 0.15) is 34.1 Å². The van der Waals surface area contributed by atoms with E-state index < -0.39 is 11.7 Å². The molecule has 1 amide bonds. The first-order valence-corrected chi connectivity index (χ1v) is 4.57. The van der Waals surface area contributed by atoms with Gasteiger partial charge in [0.2, 0.25) is 0 Å². The number of carbonyl (C=O) groups excluding carboxylic acids is 1. The van der Waals surface area contributed by atoms with Crippen molar-refractivity contribution in [2.24, 2.45) is 5.73 Å². The number of nitrogens with one attached hydrogen (secondary N) is 1. The van der Waals surface area contributed by atoms with Crippen LogP contribution in [0.3, 0.4) is 0 Å². The summed E-state index contributed by atoms with van der Waals surface area (Å²) in [5.74, 6) is 0. The van der Waals surface area contributed by atoms with E-state index in [0.717, 1.165) is 6.42 Å². The van der Waals surface area contributed by atoms with E-state index in [-0.39, 0.29) is 18.4 Å². The molecule has 0 saturated carbocycles. The summed E-state index contributed by atoms with van der Waals surface area (Å²) in [7, 11) is 0. The predicted octanol–water partition coefficient (Wildman–Crippen LogP) is 1.67. The van der Waals surface area contributed by atoms with Crippen LogP contribution in [0.15, 0.2) is 0 Å². The first-order chi connectivity index (χ1) is 5.85. The minimum atomic E-state index is -0.444. The molecule has 1 atom stereocenters. The molecule has 14 heavy (non-hydrogen) atoms. The van der Waals surface area contributed by atoms with Gasteiger partial charge in [0.1, 0.15) is 5.60 Å². The number of nitrogens with two attached hydrogens (primary N) is 1. The van der Waals surface area contributed by atoms with Gasteiger partial charge in [-0.1, -0.05) is 6.92 Å². The third-order valence-electron chi connectivity index (χ3n) is 1.43. The molecule has 5 heteroatoms. The Labute approximate surface area is 92.0 Å². The highest BCUT2D eigenvalue weighted by atomic mass is 35.5. The monoisotopic (exact) mass is 224 g/mol. The standard InChI is InChI=1S/C9H20N2O2.ClH/c1-5-7(10)6-11-8(12)13-9(2,3)4;/h7H,5-6,10H2,1-4H3,(H,11,12);1H/t7-;/m1./s1. The zero-order chi connectivity index (χ0) is 10.5. The van der Waals surface area contributed by atoms with Crippen molar-refractivity contribution >= 4 is 18.5 Å². The Morgan fingerprint density at radius 3 is 2.36 bits per heavy atom. The molecule has 0 aliphatic heterocycles. The highest BCUT2D eigenvalue weighted by Gasteiger charge is 2.15. The quantitative estimate of drug-likeness (QED) is 0.767. The van der Waals surface area contributed by atoms with Crippen LogP contribution in [0, 0.1) is 0 Å². The van der Waals surface area contributed by atoms with Crippen LogP contribution in [-0.2, 0) is 4.74 Å². The van der Waals surface area contributed by atoms with Gasteiger partial charge in [0.25, 0.3) is 0 Å². The van der Waals surface area contributed by atoms with E-state index >= 15 is 0 Å². The second-order valence-electron chi connectivity index (χ2n) is 4.05. The fraction of sp³-hybridized carbons (Fsp3) is 0.889. The van der Waals surface area contributed by atoms with Crippen molar-refractivity contribution in [3.63, 3.8) is 0 Å². The second-order valence-corrected chi connectivity index (χ2v) is 4.05. The minimum Gasteiger partial charge on any atom is -0.444 e. The molecule has 0 aromatic carbocycles. The number of hydrogen-bond acceptors (Lipinski definition) is 3. The van der Waals surface area contributed by atoms with E-state index in [1.807, 2.05) is 27.7 Å². The van der Waals surface area contributed by atoms with Crippen molar-refractivity contribution in [2.75, 3.05) is 6.54 Å². The largest absolute Gasteiger partial charge is 0.444 e. The Kier molecular flexibility index (Phi) is 7.87. The molecule has 0 rings (SSSR count). The van der Waals surface area contributed by atoms with Crippen molar-refractivity contribution in [1.82, 2.24) is 5.32 Å². The van der Waals surface area contributed by atoms with Gasteiger partial charge in [0.05, 0.1) is 0 Å². The first kappa shape index (κ1) is 16.0. The van der Waals surface area contributed by atoms with Gasteiger partial charge < -0.3 is 15.8 Å². The number of hydrogen-bond donors (Lipinski definition) is 2. The molecule has 0 saturated heterocycles. The molecule has 0 unspecified atom stereocenters. The number of alkyl carbamates (subject to hydrolysis) is 1. The Morgan fingerprint density at radius 2 is 2.00 bits per heavy atom. The van der Waals surface area contributed by atoms with E-state index in [1.54, 1.807) is 0 Å². The molecule has 0 spiro atoms. The van der Waals surface area contributed by atoms with Gasteiger partial charge in [0.15, 0.2) is 0 Å². The second kappa shape index (κ2) is 6.90. The Bertz CT molecular complexity index is 169. The van der Waals surface area contributed by atoms with Gasteiger partial charge in [-0.25, -0.2) is 4.79 Å². The SMILES string of the molecule is CC[C@@H](N)CNC(=O)OC(C)(C)C.Cl. The van der Waals surface area contributed by atoms with Crippen molar-refractivity contribution in [3.8, 4) is 0 Å². The van der Waals surface area contributed by atoms with Gasteiger partial charge in [-0.2, -0.15) is 0 Å². The van der Waals surface area contributed by atoms with Crippen LogP contribution in [-0.4, -0.2) is 24.3 Å². The molecule has 4 nitrogen and oxygen atoms in total. The maximum absolute atomic E-state index is 11.1. The summed E-state index contributed by atoms with van der Waals surface area (Å²) in [6, 6.07) is 0.00696. The number of halogens is 1. The Balaban J connectivity index is 0. The maximum atomic E-state index is 11.1. The predicted molar refractivity (Wildman–Crippen MR) is 59.8 cm³/mol. The topological polar surface area (TPSA) is 64.3 Å². The zero-order valence-electron chi connectivity index (χ0n) is 9.29. The molecule has 0 aromatic rings. The van der Waals surface area contributed by atoms with Gasteiger partial charge >= 0.3 is 6.09 Å². The summed E-state index contributed by atoms with van der Waals surface area (Å²) in [4.78, 5) is 11.1. The summed E-state index contributed by atoms with van der Waals surface area (Å²) in [6.07, 6.45) is 0.437. The lowest BCUT2D eigenvalue weighted by Gasteiger charge is -2.20. The minimum absolute atomic E-state index is 0. The van der Waals surface area contributed by atoms with Crippen LogP contribution >= 0.6 is 12.4 Å². The molecule has 0 aliphatic rings. The van der Waals surface area contributed by atoms with Crippen LogP contribution in [0.25, 0.3) is 0 Å². The third kappa shape index (κ3) is 9.61. The van der Waals surface area contributed by atoms with Gasteiger partial charge in [-0.05, 0) is 27.2 Å². The van der Waals surface area contributed by atoms with E-state index in [0.29, 0.717) is 6.54 Å². The van der Waals surface area contributed by atoms with E-state index in [1.165, 1.54) is 0 Å². The van der Waals surface area contributed by atoms with Crippen molar-refractivity contribution < 1.29 is 9.53 Å². The van der Waals surface area contributed by atoms with Crippen LogP contribution in [0.5, 0.6) is 0 Å². The van der Waals surface area contributed by atoms with E-state index in [4.69, 9.17) is 10.5 Å². The highest BCUT2D eigenvalue weighted by Crippen LogP contribution is 2.06. The normalized spacial score (nSPS) is 12.6. The smallest absolute Gasteiger partial charge is 0.407 e. The van der Waals surface area contributed by atoms with Gasteiger partial charge in [0, 0.05) is 12.6 Å². The molecule has 0 radical (unpaired) electrons. The summed E-state index contributed by atoms with van der Waals surface area (Å²) >= 11 is 0.